The third-order valence-corrected chi connectivity index (χ3v) is 2.37. The van der Waals surface area contributed by atoms with Gasteiger partial charge in [0.1, 0.15) is 5.75 Å². The molecule has 7 heteroatoms. The number of amides is 1. The molecule has 0 fully saturated rings. The van der Waals surface area contributed by atoms with Gasteiger partial charge in [0, 0.05) is 6.42 Å². The van der Waals surface area contributed by atoms with Gasteiger partial charge in [-0.25, -0.2) is 5.84 Å². The van der Waals surface area contributed by atoms with Crippen molar-refractivity contribution in [3.63, 3.8) is 0 Å². The lowest BCUT2D eigenvalue weighted by atomic mass is 10.0. The number of aryl methyl sites for hydroxylation is 1. The van der Waals surface area contributed by atoms with Crippen molar-refractivity contribution in [2.45, 2.75) is 19.0 Å². The van der Waals surface area contributed by atoms with Crippen LogP contribution in [0.1, 0.15) is 17.5 Å². The maximum Gasteiger partial charge on any atom is 0.419 e. The van der Waals surface area contributed by atoms with E-state index in [-0.39, 0.29) is 18.6 Å². The zero-order valence-electron chi connectivity index (χ0n) is 9.67. The summed E-state index contributed by atoms with van der Waals surface area (Å²) in [6.45, 7) is 0. The van der Waals surface area contributed by atoms with Crippen molar-refractivity contribution in [3.8, 4) is 5.75 Å². The highest BCUT2D eigenvalue weighted by Crippen LogP contribution is 2.36. The van der Waals surface area contributed by atoms with E-state index in [1.54, 1.807) is 0 Å². The van der Waals surface area contributed by atoms with Crippen LogP contribution in [0.25, 0.3) is 0 Å². The van der Waals surface area contributed by atoms with Crippen LogP contribution in [0.3, 0.4) is 0 Å². The van der Waals surface area contributed by atoms with Crippen LogP contribution in [0.15, 0.2) is 18.2 Å². The van der Waals surface area contributed by atoms with E-state index < -0.39 is 17.6 Å². The van der Waals surface area contributed by atoms with E-state index >= 15 is 0 Å². The van der Waals surface area contributed by atoms with Crippen molar-refractivity contribution in [3.05, 3.63) is 29.3 Å². The van der Waals surface area contributed by atoms with Gasteiger partial charge in [0.2, 0.25) is 5.91 Å². The van der Waals surface area contributed by atoms with Gasteiger partial charge in [-0.3, -0.25) is 10.2 Å². The number of methoxy groups -OCH3 is 1. The second kappa shape index (κ2) is 5.72. The Hall–Kier alpha value is -1.76. The van der Waals surface area contributed by atoms with E-state index in [0.717, 1.165) is 6.07 Å². The number of hydrazine groups is 1. The first-order valence-corrected chi connectivity index (χ1v) is 5.12. The van der Waals surface area contributed by atoms with Crippen molar-refractivity contribution in [2.24, 2.45) is 5.84 Å². The molecule has 0 aromatic heterocycles. The number of ether oxygens (including phenoxy) is 1. The fraction of sp³-hybridized carbons (Fsp3) is 0.364. The van der Waals surface area contributed by atoms with Crippen LogP contribution in [-0.2, 0) is 17.4 Å². The summed E-state index contributed by atoms with van der Waals surface area (Å²) in [6, 6.07) is 3.69. The highest BCUT2D eigenvalue weighted by Gasteiger charge is 2.34. The lowest BCUT2D eigenvalue weighted by molar-refractivity contribution is -0.138. The van der Waals surface area contributed by atoms with E-state index in [9.17, 15) is 18.0 Å². The number of rotatable bonds is 4. The number of benzene rings is 1. The molecule has 0 saturated carbocycles. The molecule has 0 aliphatic heterocycles. The van der Waals surface area contributed by atoms with Gasteiger partial charge in [-0.05, 0) is 24.1 Å². The van der Waals surface area contributed by atoms with Gasteiger partial charge < -0.3 is 4.74 Å². The van der Waals surface area contributed by atoms with Gasteiger partial charge in [-0.1, -0.05) is 6.07 Å². The molecule has 1 amide bonds. The molecular weight excluding hydrogens is 249 g/mol. The maximum atomic E-state index is 12.7. The second-order valence-electron chi connectivity index (χ2n) is 3.60. The van der Waals surface area contributed by atoms with E-state index in [1.807, 2.05) is 5.43 Å². The molecule has 0 atom stereocenters. The Bertz CT molecular complexity index is 433. The molecule has 1 aromatic carbocycles. The minimum atomic E-state index is -4.49. The smallest absolute Gasteiger partial charge is 0.419 e. The number of hydrogen-bond donors (Lipinski definition) is 2. The molecule has 18 heavy (non-hydrogen) atoms. The third-order valence-electron chi connectivity index (χ3n) is 2.37. The molecule has 0 spiro atoms. The summed E-state index contributed by atoms with van der Waals surface area (Å²) in [5.41, 5.74) is 1.46. The fourth-order valence-electron chi connectivity index (χ4n) is 1.46. The predicted molar refractivity (Wildman–Crippen MR) is 58.6 cm³/mol. The number of carbonyl (C=O) groups is 1. The summed E-state index contributed by atoms with van der Waals surface area (Å²) in [6.07, 6.45) is -4.28. The van der Waals surface area contributed by atoms with Crippen LogP contribution in [0.4, 0.5) is 13.2 Å². The Kier molecular flexibility index (Phi) is 4.55. The fourth-order valence-corrected chi connectivity index (χ4v) is 1.46. The average molecular weight is 262 g/mol. The predicted octanol–water partition coefficient (Wildman–Crippen LogP) is 1.64. The van der Waals surface area contributed by atoms with Gasteiger partial charge in [-0.2, -0.15) is 13.2 Å². The molecular formula is C11H13F3N2O2. The van der Waals surface area contributed by atoms with E-state index in [0.29, 0.717) is 5.56 Å². The Labute approximate surface area is 102 Å². The van der Waals surface area contributed by atoms with Crippen LogP contribution >= 0.6 is 0 Å². The van der Waals surface area contributed by atoms with Crippen molar-refractivity contribution in [1.29, 1.82) is 0 Å². The Balaban J connectivity index is 2.93. The third kappa shape index (κ3) is 3.63. The molecule has 0 radical (unpaired) electrons. The maximum absolute atomic E-state index is 12.7. The first kappa shape index (κ1) is 14.3. The summed E-state index contributed by atoms with van der Waals surface area (Å²) >= 11 is 0. The van der Waals surface area contributed by atoms with Gasteiger partial charge in [0.05, 0.1) is 12.7 Å². The van der Waals surface area contributed by atoms with Crippen molar-refractivity contribution in [1.82, 2.24) is 5.43 Å². The molecule has 0 heterocycles. The molecule has 3 N–H and O–H groups in total. The molecule has 100 valence electrons. The largest absolute Gasteiger partial charge is 0.496 e. The summed E-state index contributed by atoms with van der Waals surface area (Å²) in [7, 11) is 1.17. The van der Waals surface area contributed by atoms with Gasteiger partial charge in [0.25, 0.3) is 0 Å². The number of nitrogens with one attached hydrogen (secondary N) is 1. The summed E-state index contributed by atoms with van der Waals surface area (Å²) in [5, 5.41) is 0. The summed E-state index contributed by atoms with van der Waals surface area (Å²) < 4.78 is 42.8. The standard InChI is InChI=1S/C11H13F3N2O2/c1-18-9-4-2-7(3-5-10(17)16-15)6-8(9)11(12,13)14/h2,4,6H,3,5,15H2,1H3,(H,16,17). The number of hydrogen-bond acceptors (Lipinski definition) is 3. The van der Waals surface area contributed by atoms with Crippen molar-refractivity contribution in [2.75, 3.05) is 7.11 Å². The lowest BCUT2D eigenvalue weighted by Crippen LogP contribution is -2.30. The van der Waals surface area contributed by atoms with Gasteiger partial charge >= 0.3 is 6.18 Å². The highest BCUT2D eigenvalue weighted by atomic mass is 19.4. The van der Waals surface area contributed by atoms with E-state index in [1.165, 1.54) is 19.2 Å². The quantitative estimate of drug-likeness (QED) is 0.492. The molecule has 0 aliphatic rings. The molecule has 0 bridgehead atoms. The van der Waals surface area contributed by atoms with Gasteiger partial charge in [0.15, 0.2) is 0 Å². The SMILES string of the molecule is COc1ccc(CCC(=O)NN)cc1C(F)(F)F. The number of alkyl halides is 3. The topological polar surface area (TPSA) is 64.3 Å². The first-order valence-electron chi connectivity index (χ1n) is 5.12. The molecule has 0 saturated heterocycles. The molecule has 1 aromatic rings. The minimum absolute atomic E-state index is 0.0279. The average Bonchev–Trinajstić information content (AvgIpc) is 2.34. The van der Waals surface area contributed by atoms with Crippen LogP contribution < -0.4 is 16.0 Å². The summed E-state index contributed by atoms with van der Waals surface area (Å²) in [5.74, 6) is 4.21. The Morgan fingerprint density at radius 3 is 2.61 bits per heavy atom. The van der Waals surface area contributed by atoms with Gasteiger partial charge in [-0.15, -0.1) is 0 Å². The molecule has 4 nitrogen and oxygen atoms in total. The van der Waals surface area contributed by atoms with Crippen molar-refractivity contribution >= 4 is 5.91 Å². The monoisotopic (exact) mass is 262 g/mol. The number of carbonyl (C=O) groups excluding carboxylic acids is 1. The minimum Gasteiger partial charge on any atom is -0.496 e. The van der Waals surface area contributed by atoms with Crippen LogP contribution in [0.2, 0.25) is 0 Å². The number of halogens is 3. The summed E-state index contributed by atoms with van der Waals surface area (Å²) in [4.78, 5) is 10.9. The van der Waals surface area contributed by atoms with Crippen LogP contribution in [-0.4, -0.2) is 13.0 Å². The van der Waals surface area contributed by atoms with E-state index in [4.69, 9.17) is 5.84 Å². The Morgan fingerprint density at radius 2 is 2.11 bits per heavy atom. The molecule has 0 aliphatic carbocycles. The lowest BCUT2D eigenvalue weighted by Gasteiger charge is -2.13. The van der Waals surface area contributed by atoms with E-state index in [2.05, 4.69) is 4.74 Å². The Morgan fingerprint density at radius 1 is 1.44 bits per heavy atom. The zero-order chi connectivity index (χ0) is 13.8. The van der Waals surface area contributed by atoms with Crippen LogP contribution in [0.5, 0.6) is 5.75 Å². The highest BCUT2D eigenvalue weighted by molar-refractivity contribution is 5.75. The first-order chi connectivity index (χ1) is 8.38. The second-order valence-corrected chi connectivity index (χ2v) is 3.60. The van der Waals surface area contributed by atoms with Crippen LogP contribution in [0, 0.1) is 0 Å². The van der Waals surface area contributed by atoms with Crippen molar-refractivity contribution < 1.29 is 22.7 Å². The number of nitrogens with two attached hydrogens (primary N) is 1. The molecule has 1 rings (SSSR count). The zero-order valence-corrected chi connectivity index (χ0v) is 9.67. The molecule has 0 unspecified atom stereocenters. The normalized spacial score (nSPS) is 11.2.